The monoisotopic (exact) mass is 754 g/mol. The fourth-order valence-electron chi connectivity index (χ4n) is 5.70. The summed E-state index contributed by atoms with van der Waals surface area (Å²) in [5.74, 6) is -4.25. The van der Waals surface area contributed by atoms with Gasteiger partial charge >= 0.3 is 24.0 Å². The van der Waals surface area contributed by atoms with Gasteiger partial charge in [-0.3, -0.25) is 24.1 Å². The Kier molecular flexibility index (Phi) is 13.5. The van der Waals surface area contributed by atoms with E-state index in [0.717, 1.165) is 16.7 Å². The molecule has 2 aromatic carbocycles. The maximum atomic E-state index is 14.1. The van der Waals surface area contributed by atoms with E-state index in [1.807, 2.05) is 57.2 Å². The largest absolute Gasteiger partial charge is 0.490 e. The average Bonchev–Trinajstić information content (AvgIpc) is 3.57. The molecular weight excluding hydrogens is 713 g/mol. The zero-order valence-corrected chi connectivity index (χ0v) is 29.8. The number of amides is 3. The minimum Gasteiger partial charge on any atom is -0.475 e. The number of alkyl carbamates (subject to hydrolysis) is 1. The standard InChI is InChI=1S/C35H40N6O6.C2HF3O2/c1-35(2,3)46-33(44)38-20-23-8-12-26(13-9-23)31(42)41(28-16-14-25(15-17-28)30-39-34(45)47-40-30)32(43)29(36)19-22-6-10-24(11-7-22)27-5-4-18-37-21-27;3-2(4,5)1(6)7/h4-7,10-11,14-18,21,23,26,29H,8-9,12-13,19-20,36H2,1-3H3,(H,38,44)(H,39,40,45);(H,6,7)/t23-,26-,29-;/m0./s1. The molecule has 1 atom stereocenters. The number of aromatic nitrogens is 3. The van der Waals surface area contributed by atoms with Crippen molar-refractivity contribution in [2.75, 3.05) is 11.4 Å². The fraction of sp³-hybridized carbons (Fsp3) is 0.378. The van der Waals surface area contributed by atoms with Gasteiger partial charge < -0.3 is 20.9 Å². The van der Waals surface area contributed by atoms with Crippen molar-refractivity contribution in [3.05, 3.63) is 89.2 Å². The van der Waals surface area contributed by atoms with E-state index >= 15 is 0 Å². The number of H-pyrrole nitrogens is 1. The Labute approximate surface area is 307 Å². The van der Waals surface area contributed by atoms with Crippen LogP contribution in [-0.2, 0) is 25.5 Å². The van der Waals surface area contributed by atoms with Gasteiger partial charge in [0.25, 0.3) is 5.91 Å². The molecule has 0 spiro atoms. The molecule has 1 fully saturated rings. The average molecular weight is 755 g/mol. The number of ether oxygens (including phenoxy) is 1. The normalized spacial score (nSPS) is 16.3. The minimum atomic E-state index is -5.08. The van der Waals surface area contributed by atoms with Gasteiger partial charge in [-0.25, -0.2) is 19.3 Å². The Morgan fingerprint density at radius 3 is 2.11 bits per heavy atom. The van der Waals surface area contributed by atoms with E-state index in [4.69, 9.17) is 20.4 Å². The summed E-state index contributed by atoms with van der Waals surface area (Å²) in [6.07, 6.45) is 0.727. The van der Waals surface area contributed by atoms with Gasteiger partial charge in [0.05, 0.1) is 11.7 Å². The number of carboxylic acid groups (broad SMARTS) is 1. The smallest absolute Gasteiger partial charge is 0.475 e. The summed E-state index contributed by atoms with van der Waals surface area (Å²) in [5.41, 5.74) is 9.65. The third-order valence-electron chi connectivity index (χ3n) is 8.37. The second-order valence-corrected chi connectivity index (χ2v) is 13.7. The summed E-state index contributed by atoms with van der Waals surface area (Å²) in [5, 5.41) is 13.7. The van der Waals surface area contributed by atoms with Gasteiger partial charge in [-0.2, -0.15) is 13.2 Å². The van der Waals surface area contributed by atoms with Crippen LogP contribution < -0.4 is 21.7 Å². The predicted molar refractivity (Wildman–Crippen MR) is 190 cm³/mol. The van der Waals surface area contributed by atoms with Crippen molar-refractivity contribution in [2.45, 2.75) is 70.7 Å². The lowest BCUT2D eigenvalue weighted by Gasteiger charge is -2.32. The van der Waals surface area contributed by atoms with Crippen LogP contribution in [0.4, 0.5) is 23.7 Å². The maximum absolute atomic E-state index is 14.1. The third kappa shape index (κ3) is 11.8. The van der Waals surface area contributed by atoms with E-state index in [1.165, 1.54) is 4.90 Å². The van der Waals surface area contributed by atoms with Gasteiger partial charge in [0.15, 0.2) is 5.82 Å². The first-order valence-corrected chi connectivity index (χ1v) is 17.0. The van der Waals surface area contributed by atoms with Crippen LogP contribution in [0.1, 0.15) is 52.0 Å². The van der Waals surface area contributed by atoms with E-state index < -0.39 is 47.5 Å². The molecule has 0 radical (unpaired) electrons. The van der Waals surface area contributed by atoms with E-state index in [2.05, 4.69) is 25.0 Å². The van der Waals surface area contributed by atoms with Crippen LogP contribution in [0.25, 0.3) is 22.5 Å². The molecule has 0 unspecified atom stereocenters. The molecule has 5 rings (SSSR count). The first-order chi connectivity index (χ1) is 25.4. The number of benzene rings is 2. The summed E-state index contributed by atoms with van der Waals surface area (Å²) >= 11 is 0. The highest BCUT2D eigenvalue weighted by molar-refractivity contribution is 6.17. The van der Waals surface area contributed by atoms with Crippen LogP contribution in [0.15, 0.2) is 82.4 Å². The SMILES string of the molecule is CC(C)(C)OC(=O)NC[C@H]1CC[C@H](C(=O)N(C(=O)[C@@H](N)Cc2ccc(-c3cccnc3)cc2)c2ccc(-c3noc(=O)[nH]3)cc2)CC1.O=C(O)C(F)(F)F. The summed E-state index contributed by atoms with van der Waals surface area (Å²) < 4.78 is 41.7. The Bertz CT molecular complexity index is 1930. The first kappa shape index (κ1) is 40.9. The van der Waals surface area contributed by atoms with E-state index in [-0.39, 0.29) is 24.1 Å². The molecular formula is C37H41F3N6O8. The lowest BCUT2D eigenvalue weighted by Crippen LogP contribution is -2.50. The Hall–Kier alpha value is -5.84. The molecule has 17 heteroatoms. The summed E-state index contributed by atoms with van der Waals surface area (Å²) in [6, 6.07) is 17.2. The fourth-order valence-corrected chi connectivity index (χ4v) is 5.70. The quantitative estimate of drug-likeness (QED) is 0.168. The van der Waals surface area contributed by atoms with Gasteiger partial charge in [-0.15, -0.1) is 0 Å². The van der Waals surface area contributed by atoms with Crippen LogP contribution in [0.3, 0.4) is 0 Å². The summed E-state index contributed by atoms with van der Waals surface area (Å²) in [4.78, 5) is 68.3. The Morgan fingerprint density at radius 1 is 0.981 bits per heavy atom. The third-order valence-corrected chi connectivity index (χ3v) is 8.37. The second kappa shape index (κ2) is 17.8. The lowest BCUT2D eigenvalue weighted by molar-refractivity contribution is -0.192. The van der Waals surface area contributed by atoms with Crippen molar-refractivity contribution >= 4 is 29.6 Å². The molecule has 2 aromatic heterocycles. The highest BCUT2D eigenvalue weighted by atomic mass is 19.4. The van der Waals surface area contributed by atoms with Crippen LogP contribution in [0.2, 0.25) is 0 Å². The molecule has 5 N–H and O–H groups in total. The number of carboxylic acids is 1. The number of rotatable bonds is 9. The molecule has 288 valence electrons. The highest BCUT2D eigenvalue weighted by Gasteiger charge is 2.38. The molecule has 1 saturated carbocycles. The lowest BCUT2D eigenvalue weighted by atomic mass is 9.81. The summed E-state index contributed by atoms with van der Waals surface area (Å²) in [7, 11) is 0. The molecule has 4 aromatic rings. The van der Waals surface area contributed by atoms with Crippen molar-refractivity contribution in [3.8, 4) is 22.5 Å². The summed E-state index contributed by atoms with van der Waals surface area (Å²) in [6.45, 7) is 5.88. The zero-order valence-electron chi connectivity index (χ0n) is 29.8. The molecule has 0 aliphatic heterocycles. The number of nitrogens with two attached hydrogens (primary N) is 1. The molecule has 14 nitrogen and oxygen atoms in total. The van der Waals surface area contributed by atoms with E-state index in [9.17, 15) is 32.3 Å². The number of aromatic amines is 1. The van der Waals surface area contributed by atoms with Gasteiger partial charge in [0.1, 0.15) is 5.60 Å². The first-order valence-electron chi connectivity index (χ1n) is 17.0. The number of imide groups is 1. The molecule has 1 aliphatic rings. The van der Waals surface area contributed by atoms with Crippen molar-refractivity contribution in [1.82, 2.24) is 20.4 Å². The van der Waals surface area contributed by atoms with Crippen LogP contribution in [0.5, 0.6) is 0 Å². The van der Waals surface area contributed by atoms with Gasteiger partial charge in [0, 0.05) is 30.4 Å². The zero-order chi connectivity index (χ0) is 39.6. The minimum absolute atomic E-state index is 0.191. The number of nitrogens with zero attached hydrogens (tertiary/aromatic N) is 3. The number of hydrogen-bond donors (Lipinski definition) is 4. The number of carbonyl (C=O) groups is 4. The molecule has 0 bridgehead atoms. The van der Waals surface area contributed by atoms with Crippen molar-refractivity contribution in [3.63, 3.8) is 0 Å². The maximum Gasteiger partial charge on any atom is 0.490 e. The number of halogens is 3. The number of alkyl halides is 3. The molecule has 3 amide bonds. The second-order valence-electron chi connectivity index (χ2n) is 13.7. The van der Waals surface area contributed by atoms with E-state index in [1.54, 1.807) is 36.7 Å². The Balaban J connectivity index is 0.000000845. The number of pyridine rings is 1. The molecule has 2 heterocycles. The van der Waals surface area contributed by atoms with Crippen LogP contribution in [-0.4, -0.2) is 68.5 Å². The van der Waals surface area contributed by atoms with Crippen molar-refractivity contribution in [1.29, 1.82) is 0 Å². The van der Waals surface area contributed by atoms with Crippen LogP contribution in [0, 0.1) is 11.8 Å². The molecule has 1 aliphatic carbocycles. The van der Waals surface area contributed by atoms with Crippen molar-refractivity contribution in [2.24, 2.45) is 17.6 Å². The molecule has 54 heavy (non-hydrogen) atoms. The van der Waals surface area contributed by atoms with E-state index in [0.29, 0.717) is 43.5 Å². The number of nitrogens with one attached hydrogen (secondary N) is 2. The topological polar surface area (TPSA) is 211 Å². The van der Waals surface area contributed by atoms with Gasteiger partial charge in [-0.05, 0) is 106 Å². The van der Waals surface area contributed by atoms with Gasteiger partial charge in [0.2, 0.25) is 5.91 Å². The predicted octanol–water partition coefficient (Wildman–Crippen LogP) is 5.49. The number of hydrogen-bond acceptors (Lipinski definition) is 10. The van der Waals surface area contributed by atoms with Crippen molar-refractivity contribution < 1.29 is 46.7 Å². The van der Waals surface area contributed by atoms with Crippen LogP contribution >= 0.6 is 0 Å². The number of anilines is 1. The Morgan fingerprint density at radius 2 is 1.59 bits per heavy atom. The number of carbonyl (C=O) groups excluding carboxylic acids is 3. The highest BCUT2D eigenvalue weighted by Crippen LogP contribution is 2.32. The number of aliphatic carboxylic acids is 1. The molecule has 0 saturated heterocycles. The van der Waals surface area contributed by atoms with Gasteiger partial charge in [-0.1, -0.05) is 35.5 Å².